The van der Waals surface area contributed by atoms with Crippen molar-refractivity contribution in [1.29, 1.82) is 0 Å². The van der Waals surface area contributed by atoms with Crippen molar-refractivity contribution < 1.29 is 8.78 Å². The molecule has 1 saturated carbocycles. The molecule has 3 nitrogen and oxygen atoms in total. The third-order valence-electron chi connectivity index (χ3n) is 2.73. The number of hydrogen-bond donors (Lipinski definition) is 1. The quantitative estimate of drug-likeness (QED) is 0.834. The molecule has 0 spiro atoms. The van der Waals surface area contributed by atoms with Crippen LogP contribution in [0.2, 0.25) is 0 Å². The number of halogens is 2. The van der Waals surface area contributed by atoms with Crippen molar-refractivity contribution >= 4 is 0 Å². The Bertz CT molecular complexity index is 372. The van der Waals surface area contributed by atoms with Gasteiger partial charge in [-0.05, 0) is 5.92 Å². The second kappa shape index (κ2) is 3.01. The monoisotopic (exact) mass is 215 g/mol. The fourth-order valence-electron chi connectivity index (χ4n) is 1.69. The maximum atomic E-state index is 13.0. The van der Waals surface area contributed by atoms with Crippen molar-refractivity contribution in [1.82, 2.24) is 9.78 Å². The van der Waals surface area contributed by atoms with Gasteiger partial charge in [0.15, 0.2) is 0 Å². The van der Waals surface area contributed by atoms with Gasteiger partial charge in [0.1, 0.15) is 5.54 Å². The van der Waals surface area contributed by atoms with Gasteiger partial charge in [-0.15, -0.1) is 0 Å². The van der Waals surface area contributed by atoms with Crippen LogP contribution in [0, 0.1) is 5.92 Å². The van der Waals surface area contributed by atoms with Gasteiger partial charge < -0.3 is 5.73 Å². The smallest absolute Gasteiger partial charge is 0.272 e. The highest BCUT2D eigenvalue weighted by Gasteiger charge is 2.70. The van der Waals surface area contributed by atoms with Crippen molar-refractivity contribution in [3.63, 3.8) is 0 Å². The van der Waals surface area contributed by atoms with E-state index in [1.165, 1.54) is 6.20 Å². The van der Waals surface area contributed by atoms with E-state index in [1.54, 1.807) is 10.9 Å². The normalized spacial score (nSPS) is 28.4. The molecule has 0 bridgehead atoms. The highest BCUT2D eigenvalue weighted by Crippen LogP contribution is 2.57. The van der Waals surface area contributed by atoms with Crippen molar-refractivity contribution in [2.75, 3.05) is 0 Å². The van der Waals surface area contributed by atoms with Crippen molar-refractivity contribution in [3.8, 4) is 0 Å². The molecule has 2 rings (SSSR count). The average molecular weight is 215 g/mol. The average Bonchev–Trinajstić information content (AvgIpc) is 2.45. The molecule has 0 radical (unpaired) electrons. The summed E-state index contributed by atoms with van der Waals surface area (Å²) in [6.45, 7) is 4.82. The summed E-state index contributed by atoms with van der Waals surface area (Å²) in [5.74, 6) is -2.33. The van der Waals surface area contributed by atoms with Gasteiger partial charge in [0.05, 0.1) is 6.20 Å². The van der Waals surface area contributed by atoms with Gasteiger partial charge in [-0.25, -0.2) is 8.78 Å². The molecule has 1 fully saturated rings. The van der Waals surface area contributed by atoms with Crippen LogP contribution in [0.3, 0.4) is 0 Å². The number of aromatic nitrogens is 2. The zero-order chi connectivity index (χ0) is 11.3. The first-order chi connectivity index (χ1) is 6.85. The van der Waals surface area contributed by atoms with Gasteiger partial charge in [-0.3, -0.25) is 4.68 Å². The molecule has 15 heavy (non-hydrogen) atoms. The summed E-state index contributed by atoms with van der Waals surface area (Å²) < 4.78 is 27.6. The molecule has 1 aliphatic carbocycles. The van der Waals surface area contributed by atoms with Crippen LogP contribution in [0.25, 0.3) is 0 Å². The summed E-state index contributed by atoms with van der Waals surface area (Å²) in [4.78, 5) is 0. The lowest BCUT2D eigenvalue weighted by atomic mass is 10.1. The summed E-state index contributed by atoms with van der Waals surface area (Å²) in [6.07, 6.45) is 2.80. The van der Waals surface area contributed by atoms with E-state index < -0.39 is 11.5 Å². The molecule has 0 amide bonds. The topological polar surface area (TPSA) is 43.8 Å². The minimum Gasteiger partial charge on any atom is -0.316 e. The van der Waals surface area contributed by atoms with Crippen LogP contribution < -0.4 is 5.73 Å². The minimum absolute atomic E-state index is 0.270. The molecule has 0 saturated heterocycles. The Morgan fingerprint density at radius 3 is 2.67 bits per heavy atom. The second-order valence-electron chi connectivity index (χ2n) is 4.70. The maximum Gasteiger partial charge on any atom is 0.272 e. The first-order valence-corrected chi connectivity index (χ1v) is 5.05. The third kappa shape index (κ3) is 1.65. The largest absolute Gasteiger partial charge is 0.316 e. The Morgan fingerprint density at radius 2 is 2.20 bits per heavy atom. The molecular weight excluding hydrogens is 200 g/mol. The fourth-order valence-corrected chi connectivity index (χ4v) is 1.69. The molecule has 1 heterocycles. The lowest BCUT2D eigenvalue weighted by Crippen LogP contribution is -2.26. The van der Waals surface area contributed by atoms with Crippen molar-refractivity contribution in [3.05, 3.63) is 18.0 Å². The van der Waals surface area contributed by atoms with E-state index in [0.29, 0.717) is 11.5 Å². The van der Waals surface area contributed by atoms with Gasteiger partial charge in [0.25, 0.3) is 5.92 Å². The SMILES string of the molecule is CC(C)Cn1cc(C2(N)CC2(F)F)cn1. The Balaban J connectivity index is 2.15. The lowest BCUT2D eigenvalue weighted by Gasteiger charge is -2.07. The molecule has 5 heteroatoms. The van der Waals surface area contributed by atoms with Crippen molar-refractivity contribution in [2.24, 2.45) is 11.7 Å². The van der Waals surface area contributed by atoms with Crippen LogP contribution in [0.1, 0.15) is 25.8 Å². The van der Waals surface area contributed by atoms with Crippen LogP contribution in [-0.2, 0) is 12.1 Å². The highest BCUT2D eigenvalue weighted by atomic mass is 19.3. The van der Waals surface area contributed by atoms with E-state index >= 15 is 0 Å². The molecule has 1 atom stereocenters. The zero-order valence-electron chi connectivity index (χ0n) is 8.87. The maximum absolute atomic E-state index is 13.0. The van der Waals surface area contributed by atoms with Gasteiger partial charge in [-0.1, -0.05) is 13.8 Å². The van der Waals surface area contributed by atoms with E-state index in [0.717, 1.165) is 6.54 Å². The molecule has 0 aliphatic heterocycles. The van der Waals surface area contributed by atoms with Crippen LogP contribution in [0.4, 0.5) is 8.78 Å². The van der Waals surface area contributed by atoms with E-state index in [1.807, 2.05) is 13.8 Å². The number of nitrogens with zero attached hydrogens (tertiary/aromatic N) is 2. The van der Waals surface area contributed by atoms with E-state index in [9.17, 15) is 8.78 Å². The molecule has 84 valence electrons. The predicted molar refractivity (Wildman–Crippen MR) is 52.5 cm³/mol. The molecule has 0 aromatic carbocycles. The van der Waals surface area contributed by atoms with Crippen molar-refractivity contribution in [2.45, 2.75) is 38.3 Å². The number of rotatable bonds is 3. The summed E-state index contributed by atoms with van der Waals surface area (Å²) in [5.41, 5.74) is 4.55. The highest BCUT2D eigenvalue weighted by molar-refractivity contribution is 5.32. The zero-order valence-corrected chi connectivity index (χ0v) is 8.87. The Kier molecular flexibility index (Phi) is 2.12. The van der Waals surface area contributed by atoms with Gasteiger partial charge >= 0.3 is 0 Å². The molecule has 1 aromatic heterocycles. The van der Waals surface area contributed by atoms with Gasteiger partial charge in [0.2, 0.25) is 0 Å². The van der Waals surface area contributed by atoms with Crippen LogP contribution in [0.5, 0.6) is 0 Å². The Morgan fingerprint density at radius 1 is 1.60 bits per heavy atom. The first-order valence-electron chi connectivity index (χ1n) is 5.05. The fraction of sp³-hybridized carbons (Fsp3) is 0.700. The number of hydrogen-bond acceptors (Lipinski definition) is 2. The summed E-state index contributed by atoms with van der Waals surface area (Å²) >= 11 is 0. The third-order valence-corrected chi connectivity index (χ3v) is 2.73. The molecule has 2 N–H and O–H groups in total. The number of nitrogens with two attached hydrogens (primary N) is 1. The van der Waals surface area contributed by atoms with Crippen LogP contribution in [0.15, 0.2) is 12.4 Å². The second-order valence-corrected chi connectivity index (χ2v) is 4.70. The van der Waals surface area contributed by atoms with Crippen LogP contribution in [-0.4, -0.2) is 15.7 Å². The Hall–Kier alpha value is -0.970. The first kappa shape index (κ1) is 10.5. The summed E-state index contributed by atoms with van der Waals surface area (Å²) in [6, 6.07) is 0. The predicted octanol–water partition coefficient (Wildman–Crippen LogP) is 1.73. The standard InChI is InChI=1S/C10H15F2N3/c1-7(2)4-15-5-8(3-14-15)9(13)6-10(9,11)12/h3,5,7H,4,6,13H2,1-2H3. The van der Waals surface area contributed by atoms with E-state index in [2.05, 4.69) is 5.10 Å². The van der Waals surface area contributed by atoms with E-state index in [4.69, 9.17) is 5.73 Å². The lowest BCUT2D eigenvalue weighted by molar-refractivity contribution is 0.0891. The molecule has 1 unspecified atom stereocenters. The molecule has 1 aromatic rings. The molecular formula is C10H15F2N3. The van der Waals surface area contributed by atoms with Gasteiger partial charge in [-0.2, -0.15) is 5.10 Å². The van der Waals surface area contributed by atoms with Gasteiger partial charge in [0, 0.05) is 24.7 Å². The number of alkyl halides is 2. The molecule has 1 aliphatic rings. The van der Waals surface area contributed by atoms with Crippen LogP contribution >= 0.6 is 0 Å². The van der Waals surface area contributed by atoms with E-state index in [-0.39, 0.29) is 6.42 Å². The minimum atomic E-state index is -2.77. The Labute approximate surface area is 87.3 Å². The summed E-state index contributed by atoms with van der Waals surface area (Å²) in [5, 5.41) is 4.03. The summed E-state index contributed by atoms with van der Waals surface area (Å²) in [7, 11) is 0.